The van der Waals surface area contributed by atoms with E-state index in [9.17, 15) is 0 Å². The van der Waals surface area contributed by atoms with Crippen LogP contribution in [0.5, 0.6) is 0 Å². The van der Waals surface area contributed by atoms with Gasteiger partial charge in [-0.25, -0.2) is 0 Å². The monoisotopic (exact) mass is 712 g/mol. The largest absolute Gasteiger partial charge is 0.456 e. The summed E-state index contributed by atoms with van der Waals surface area (Å²) in [5.74, 6) is 0. The van der Waals surface area contributed by atoms with E-state index in [1.807, 2.05) is 12.1 Å². The molecule has 2 aliphatic heterocycles. The number of nitrogens with zero attached hydrogens (tertiary/aromatic N) is 2. The summed E-state index contributed by atoms with van der Waals surface area (Å²) in [6, 6.07) is 72.9. The second-order valence-electron chi connectivity index (χ2n) is 14.9. The summed E-state index contributed by atoms with van der Waals surface area (Å²) in [6.07, 6.45) is 0. The van der Waals surface area contributed by atoms with E-state index in [1.165, 1.54) is 72.2 Å². The number of benzene rings is 9. The molecule has 0 bridgehead atoms. The van der Waals surface area contributed by atoms with Gasteiger partial charge in [-0.1, -0.05) is 133 Å². The fourth-order valence-electron chi connectivity index (χ4n) is 9.36. The molecular weight excluding hydrogens is 679 g/mol. The molecule has 9 aromatic carbocycles. The van der Waals surface area contributed by atoms with Gasteiger partial charge in [-0.3, -0.25) is 0 Å². The summed E-state index contributed by atoms with van der Waals surface area (Å²) in [6.45, 7) is 0.0722. The Morgan fingerprint density at radius 3 is 1.82 bits per heavy atom. The Morgan fingerprint density at radius 2 is 1.00 bits per heavy atom. The van der Waals surface area contributed by atoms with Crippen LogP contribution in [-0.2, 0) is 0 Å². The van der Waals surface area contributed by atoms with Gasteiger partial charge in [-0.05, 0) is 111 Å². The lowest BCUT2D eigenvalue weighted by molar-refractivity contribution is 0.669. The van der Waals surface area contributed by atoms with Crippen molar-refractivity contribution in [2.24, 2.45) is 0 Å². The van der Waals surface area contributed by atoms with E-state index in [0.717, 1.165) is 33.3 Å². The second kappa shape index (κ2) is 12.1. The van der Waals surface area contributed by atoms with Crippen molar-refractivity contribution >= 4 is 89.9 Å². The van der Waals surface area contributed by atoms with E-state index in [-0.39, 0.29) is 6.71 Å². The first-order chi connectivity index (χ1) is 27.8. The standard InChI is InChI=1S/C52H33BN2O/c1-3-13-39(14-4-1)54-46-21-9-8-19-44(46)53-45-20-11-18-41(52(45)55(40-15-5-2-6-16-40)48-23-12-22-47(54)51(48)53)35-27-25-34(26-28-35)36-29-30-37-33-50-43(32-38(37)31-36)42-17-7-10-24-49(42)56-50/h1-33H. The molecule has 4 heteroatoms. The molecule has 1 aromatic heterocycles. The Morgan fingerprint density at radius 1 is 0.375 bits per heavy atom. The fourth-order valence-corrected chi connectivity index (χ4v) is 9.36. The quantitative estimate of drug-likeness (QED) is 0.169. The number of fused-ring (bicyclic) bond motifs is 8. The number of rotatable bonds is 4. The van der Waals surface area contributed by atoms with Gasteiger partial charge in [-0.2, -0.15) is 0 Å². The third kappa shape index (κ3) is 4.60. The lowest BCUT2D eigenvalue weighted by Crippen LogP contribution is -2.61. The van der Waals surface area contributed by atoms with E-state index < -0.39 is 0 Å². The minimum atomic E-state index is 0.0722. The topological polar surface area (TPSA) is 19.6 Å². The molecule has 0 unspecified atom stereocenters. The van der Waals surface area contributed by atoms with Crippen LogP contribution in [0.25, 0.3) is 55.0 Å². The molecule has 0 atom stereocenters. The normalized spacial score (nSPS) is 12.9. The molecule has 3 heterocycles. The molecule has 0 saturated heterocycles. The van der Waals surface area contributed by atoms with Crippen molar-refractivity contribution in [2.45, 2.75) is 0 Å². The summed E-state index contributed by atoms with van der Waals surface area (Å²) in [5, 5.41) is 4.69. The highest BCUT2D eigenvalue weighted by Gasteiger charge is 2.43. The minimum absolute atomic E-state index is 0.0722. The molecule has 0 aliphatic carbocycles. The van der Waals surface area contributed by atoms with Gasteiger partial charge in [0.2, 0.25) is 0 Å². The first-order valence-electron chi connectivity index (χ1n) is 19.3. The van der Waals surface area contributed by atoms with Crippen molar-refractivity contribution in [1.29, 1.82) is 0 Å². The van der Waals surface area contributed by atoms with Gasteiger partial charge in [0.15, 0.2) is 0 Å². The van der Waals surface area contributed by atoms with Crippen LogP contribution < -0.4 is 26.2 Å². The van der Waals surface area contributed by atoms with E-state index in [0.29, 0.717) is 0 Å². The summed E-state index contributed by atoms with van der Waals surface area (Å²) < 4.78 is 6.18. The van der Waals surface area contributed by atoms with Crippen LogP contribution in [0.4, 0.5) is 34.1 Å². The molecule has 260 valence electrons. The Kier molecular flexibility index (Phi) is 6.72. The predicted molar refractivity (Wildman–Crippen MR) is 236 cm³/mol. The maximum Gasteiger partial charge on any atom is 0.252 e. The third-order valence-corrected chi connectivity index (χ3v) is 11.8. The van der Waals surface area contributed by atoms with Crippen LogP contribution in [0.15, 0.2) is 205 Å². The van der Waals surface area contributed by atoms with Gasteiger partial charge in [0, 0.05) is 50.5 Å². The number of hydrogen-bond donors (Lipinski definition) is 0. The molecule has 3 nitrogen and oxygen atoms in total. The highest BCUT2D eigenvalue weighted by molar-refractivity contribution is 7.00. The van der Waals surface area contributed by atoms with Crippen molar-refractivity contribution in [3.8, 4) is 22.3 Å². The summed E-state index contributed by atoms with van der Waals surface area (Å²) >= 11 is 0. The Hall–Kier alpha value is -7.30. The summed E-state index contributed by atoms with van der Waals surface area (Å²) in [7, 11) is 0. The molecule has 0 N–H and O–H groups in total. The van der Waals surface area contributed by atoms with Gasteiger partial charge in [-0.15, -0.1) is 0 Å². The predicted octanol–water partition coefficient (Wildman–Crippen LogP) is 12.2. The van der Waals surface area contributed by atoms with Crippen molar-refractivity contribution in [3.63, 3.8) is 0 Å². The van der Waals surface area contributed by atoms with Gasteiger partial charge < -0.3 is 14.2 Å². The van der Waals surface area contributed by atoms with E-state index in [1.54, 1.807) is 0 Å². The van der Waals surface area contributed by atoms with Crippen LogP contribution in [0.2, 0.25) is 0 Å². The molecule has 56 heavy (non-hydrogen) atoms. The first kappa shape index (κ1) is 31.1. The number of hydrogen-bond acceptors (Lipinski definition) is 3. The van der Waals surface area contributed by atoms with Gasteiger partial charge in [0.1, 0.15) is 11.2 Å². The van der Waals surface area contributed by atoms with Crippen LogP contribution in [0, 0.1) is 0 Å². The van der Waals surface area contributed by atoms with Crippen molar-refractivity contribution in [3.05, 3.63) is 200 Å². The number of anilines is 6. The van der Waals surface area contributed by atoms with Crippen molar-refractivity contribution < 1.29 is 4.42 Å². The van der Waals surface area contributed by atoms with Crippen LogP contribution in [-0.4, -0.2) is 6.71 Å². The summed E-state index contributed by atoms with van der Waals surface area (Å²) in [5.41, 5.74) is 17.8. The van der Waals surface area contributed by atoms with Gasteiger partial charge in [0.05, 0.1) is 0 Å². The zero-order chi connectivity index (χ0) is 36.7. The zero-order valence-electron chi connectivity index (χ0n) is 30.4. The second-order valence-corrected chi connectivity index (χ2v) is 14.9. The van der Waals surface area contributed by atoms with E-state index in [4.69, 9.17) is 4.42 Å². The fraction of sp³-hybridized carbons (Fsp3) is 0. The Balaban J connectivity index is 1.02. The first-order valence-corrected chi connectivity index (χ1v) is 19.3. The van der Waals surface area contributed by atoms with Crippen molar-refractivity contribution in [2.75, 3.05) is 9.80 Å². The van der Waals surface area contributed by atoms with Gasteiger partial charge >= 0.3 is 0 Å². The molecular formula is C52H33BN2O. The van der Waals surface area contributed by atoms with Gasteiger partial charge in [0.25, 0.3) is 6.71 Å². The molecule has 0 spiro atoms. The highest BCUT2D eigenvalue weighted by atomic mass is 16.3. The lowest BCUT2D eigenvalue weighted by Gasteiger charge is -2.44. The third-order valence-electron chi connectivity index (χ3n) is 11.8. The minimum Gasteiger partial charge on any atom is -0.456 e. The van der Waals surface area contributed by atoms with Crippen LogP contribution in [0.1, 0.15) is 0 Å². The zero-order valence-corrected chi connectivity index (χ0v) is 30.4. The maximum atomic E-state index is 6.18. The SMILES string of the molecule is c1ccc(N2c3ccccc3B3c4cccc(-c5ccc(-c6ccc7cc8oc9ccccc9c8cc7c6)cc5)c4N(c4ccccc4)c4cccc2c43)cc1. The van der Waals surface area contributed by atoms with E-state index >= 15 is 0 Å². The molecule has 0 fully saturated rings. The number of para-hydroxylation sites is 5. The van der Waals surface area contributed by atoms with Crippen molar-refractivity contribution in [1.82, 2.24) is 0 Å². The number of furan rings is 1. The maximum absolute atomic E-state index is 6.18. The lowest BCUT2D eigenvalue weighted by atomic mass is 9.33. The van der Waals surface area contributed by atoms with E-state index in [2.05, 4.69) is 198 Å². The van der Waals surface area contributed by atoms with Crippen LogP contribution in [0.3, 0.4) is 0 Å². The summed E-state index contributed by atoms with van der Waals surface area (Å²) in [4.78, 5) is 4.93. The molecule has 0 amide bonds. The highest BCUT2D eigenvalue weighted by Crippen LogP contribution is 2.46. The Bertz CT molecular complexity index is 3150. The molecule has 0 radical (unpaired) electrons. The molecule has 0 saturated carbocycles. The smallest absolute Gasteiger partial charge is 0.252 e. The average Bonchev–Trinajstić information content (AvgIpc) is 3.63. The molecule has 2 aliphatic rings. The average molecular weight is 713 g/mol. The molecule has 12 rings (SSSR count). The molecule has 10 aromatic rings. The Labute approximate surface area is 325 Å². The van der Waals surface area contributed by atoms with Crippen LogP contribution >= 0.6 is 0 Å².